The quantitative estimate of drug-likeness (QED) is 0.546. The first-order valence-electron chi connectivity index (χ1n) is 8.58. The van der Waals surface area contributed by atoms with Gasteiger partial charge in [-0.1, -0.05) is 11.3 Å². The number of carbonyl (C=O) groups is 1. The lowest BCUT2D eigenvalue weighted by molar-refractivity contribution is 0.0994. The van der Waals surface area contributed by atoms with E-state index in [1.165, 1.54) is 23.3 Å². The van der Waals surface area contributed by atoms with E-state index in [-0.39, 0.29) is 5.91 Å². The van der Waals surface area contributed by atoms with Gasteiger partial charge >= 0.3 is 0 Å². The Morgan fingerprint density at radius 3 is 2.64 bits per heavy atom. The monoisotopic (exact) mass is 418 g/mol. The predicted octanol–water partition coefficient (Wildman–Crippen LogP) is 3.83. The second kappa shape index (κ2) is 9.27. The number of thiazole rings is 1. The molecule has 0 saturated heterocycles. The highest BCUT2D eigenvalue weighted by Gasteiger charge is 2.15. The SMILES string of the molecule is COCCn1c(=NC(=O)c2cc(OC)ccc2OC)sc2cc(SC)ccc21. The molecule has 0 aliphatic heterocycles. The molecule has 1 amide bonds. The molecule has 1 aromatic heterocycles. The van der Waals surface area contributed by atoms with Crippen LogP contribution in [0.4, 0.5) is 0 Å². The van der Waals surface area contributed by atoms with Crippen molar-refractivity contribution in [1.82, 2.24) is 4.57 Å². The molecule has 1 heterocycles. The number of amides is 1. The summed E-state index contributed by atoms with van der Waals surface area (Å²) in [7, 11) is 4.74. The Balaban J connectivity index is 2.13. The number of carbonyl (C=O) groups excluding carboxylic acids is 1. The molecule has 0 fully saturated rings. The van der Waals surface area contributed by atoms with Crippen molar-refractivity contribution in [2.75, 3.05) is 34.2 Å². The van der Waals surface area contributed by atoms with Crippen LogP contribution in [0.15, 0.2) is 46.3 Å². The lowest BCUT2D eigenvalue weighted by atomic mass is 10.2. The van der Waals surface area contributed by atoms with Crippen LogP contribution in [0, 0.1) is 0 Å². The fourth-order valence-electron chi connectivity index (χ4n) is 2.79. The zero-order valence-corrected chi connectivity index (χ0v) is 17.9. The predicted molar refractivity (Wildman–Crippen MR) is 113 cm³/mol. The number of aromatic nitrogens is 1. The number of hydrogen-bond donors (Lipinski definition) is 0. The van der Waals surface area contributed by atoms with Crippen LogP contribution < -0.4 is 14.3 Å². The van der Waals surface area contributed by atoms with Crippen molar-refractivity contribution in [1.29, 1.82) is 0 Å². The van der Waals surface area contributed by atoms with Crippen LogP contribution in [0.1, 0.15) is 10.4 Å². The number of hydrogen-bond acceptors (Lipinski definition) is 6. The standard InChI is InChI=1S/C20H22N2O4S2/c1-24-10-9-22-16-7-6-14(27-4)12-18(16)28-20(22)21-19(23)15-11-13(25-2)5-8-17(15)26-3/h5-8,11-12H,9-10H2,1-4H3. The van der Waals surface area contributed by atoms with Crippen molar-refractivity contribution >= 4 is 39.2 Å². The van der Waals surface area contributed by atoms with Crippen LogP contribution in [0.3, 0.4) is 0 Å². The van der Waals surface area contributed by atoms with Crippen molar-refractivity contribution in [2.24, 2.45) is 4.99 Å². The second-order valence-corrected chi connectivity index (χ2v) is 7.73. The summed E-state index contributed by atoms with van der Waals surface area (Å²) in [6.07, 6.45) is 2.04. The number of benzene rings is 2. The maximum atomic E-state index is 12.9. The van der Waals surface area contributed by atoms with Crippen LogP contribution in [-0.4, -0.2) is 44.7 Å². The van der Waals surface area contributed by atoms with Crippen molar-refractivity contribution in [3.63, 3.8) is 0 Å². The average molecular weight is 419 g/mol. The average Bonchev–Trinajstić information content (AvgIpc) is 3.07. The van der Waals surface area contributed by atoms with Gasteiger partial charge < -0.3 is 18.8 Å². The highest BCUT2D eigenvalue weighted by molar-refractivity contribution is 7.98. The van der Waals surface area contributed by atoms with E-state index in [0.29, 0.717) is 35.0 Å². The molecule has 0 atom stereocenters. The van der Waals surface area contributed by atoms with E-state index in [4.69, 9.17) is 14.2 Å². The number of nitrogens with zero attached hydrogens (tertiary/aromatic N) is 2. The van der Waals surface area contributed by atoms with E-state index >= 15 is 0 Å². The maximum Gasteiger partial charge on any atom is 0.283 e. The Kier molecular flexibility index (Phi) is 6.77. The molecule has 0 aliphatic carbocycles. The summed E-state index contributed by atoms with van der Waals surface area (Å²) >= 11 is 3.17. The molecule has 3 aromatic rings. The summed E-state index contributed by atoms with van der Waals surface area (Å²) in [5.41, 5.74) is 1.39. The molecular weight excluding hydrogens is 396 g/mol. The molecule has 28 heavy (non-hydrogen) atoms. The van der Waals surface area contributed by atoms with Gasteiger partial charge in [0, 0.05) is 18.6 Å². The van der Waals surface area contributed by atoms with Gasteiger partial charge in [0.1, 0.15) is 11.5 Å². The van der Waals surface area contributed by atoms with E-state index in [1.807, 2.05) is 10.8 Å². The number of fused-ring (bicyclic) bond motifs is 1. The first-order chi connectivity index (χ1) is 13.6. The third kappa shape index (κ3) is 4.24. The van der Waals surface area contributed by atoms with E-state index in [9.17, 15) is 4.79 Å². The molecule has 0 saturated carbocycles. The summed E-state index contributed by atoms with van der Waals surface area (Å²) in [5.74, 6) is 0.662. The molecule has 0 bridgehead atoms. The third-order valence-electron chi connectivity index (χ3n) is 4.24. The molecule has 0 radical (unpaired) electrons. The Morgan fingerprint density at radius 1 is 1.14 bits per heavy atom. The third-order valence-corrected chi connectivity index (χ3v) is 6.01. The van der Waals surface area contributed by atoms with Gasteiger partial charge in [-0.2, -0.15) is 4.99 Å². The van der Waals surface area contributed by atoms with Gasteiger partial charge in [-0.3, -0.25) is 4.79 Å². The summed E-state index contributed by atoms with van der Waals surface area (Å²) in [4.78, 5) is 19.1. The lowest BCUT2D eigenvalue weighted by Gasteiger charge is -2.08. The number of rotatable bonds is 7. The minimum atomic E-state index is -0.376. The zero-order valence-electron chi connectivity index (χ0n) is 16.2. The van der Waals surface area contributed by atoms with Crippen LogP contribution in [0.2, 0.25) is 0 Å². The minimum Gasteiger partial charge on any atom is -0.497 e. The topological polar surface area (TPSA) is 62.1 Å². The Hall–Kier alpha value is -2.29. The number of ether oxygens (including phenoxy) is 3. The highest BCUT2D eigenvalue weighted by atomic mass is 32.2. The van der Waals surface area contributed by atoms with Crippen molar-refractivity contribution < 1.29 is 19.0 Å². The molecule has 6 nitrogen and oxygen atoms in total. The normalized spacial score (nSPS) is 11.8. The van der Waals surface area contributed by atoms with Crippen LogP contribution in [0.25, 0.3) is 10.2 Å². The molecular formula is C20H22N2O4S2. The molecule has 3 rings (SSSR count). The fraction of sp³-hybridized carbons (Fsp3) is 0.300. The zero-order chi connectivity index (χ0) is 20.1. The molecule has 0 aliphatic rings. The van der Waals surface area contributed by atoms with Gasteiger partial charge in [-0.05, 0) is 42.7 Å². The number of methoxy groups -OCH3 is 3. The van der Waals surface area contributed by atoms with Gasteiger partial charge in [0.25, 0.3) is 5.91 Å². The molecule has 0 spiro atoms. The summed E-state index contributed by atoms with van der Waals surface area (Å²) < 4.78 is 18.9. The number of thioether (sulfide) groups is 1. The fourth-order valence-corrected chi connectivity index (χ4v) is 4.40. The van der Waals surface area contributed by atoms with Gasteiger partial charge in [-0.25, -0.2) is 0 Å². The van der Waals surface area contributed by atoms with E-state index < -0.39 is 0 Å². The van der Waals surface area contributed by atoms with Gasteiger partial charge in [0.05, 0.1) is 36.6 Å². The molecule has 2 aromatic carbocycles. The Bertz CT molecular complexity index is 1060. The van der Waals surface area contributed by atoms with E-state index in [1.54, 1.807) is 44.2 Å². The summed E-state index contributed by atoms with van der Waals surface area (Å²) in [6.45, 7) is 1.14. The second-order valence-electron chi connectivity index (χ2n) is 5.85. The maximum absolute atomic E-state index is 12.9. The van der Waals surface area contributed by atoms with E-state index in [2.05, 4.69) is 23.2 Å². The van der Waals surface area contributed by atoms with Crippen molar-refractivity contribution in [3.8, 4) is 11.5 Å². The lowest BCUT2D eigenvalue weighted by Crippen LogP contribution is -2.19. The Labute approximate surface area is 171 Å². The minimum absolute atomic E-state index is 0.363. The van der Waals surface area contributed by atoms with Crippen LogP contribution in [0.5, 0.6) is 11.5 Å². The molecule has 148 valence electrons. The summed E-state index contributed by atoms with van der Waals surface area (Å²) in [5, 5.41) is 0. The summed E-state index contributed by atoms with van der Waals surface area (Å²) in [6, 6.07) is 11.3. The first kappa shape index (κ1) is 20.4. The van der Waals surface area contributed by atoms with Crippen molar-refractivity contribution in [2.45, 2.75) is 11.4 Å². The van der Waals surface area contributed by atoms with Gasteiger partial charge in [0.2, 0.25) is 0 Å². The van der Waals surface area contributed by atoms with Gasteiger partial charge in [0.15, 0.2) is 4.80 Å². The molecule has 0 unspecified atom stereocenters. The first-order valence-corrected chi connectivity index (χ1v) is 10.6. The van der Waals surface area contributed by atoms with Crippen LogP contribution in [-0.2, 0) is 11.3 Å². The van der Waals surface area contributed by atoms with Gasteiger partial charge in [-0.15, -0.1) is 11.8 Å². The van der Waals surface area contributed by atoms with Crippen molar-refractivity contribution in [3.05, 3.63) is 46.8 Å². The molecule has 8 heteroatoms. The van der Waals surface area contributed by atoms with Crippen LogP contribution >= 0.6 is 23.1 Å². The highest BCUT2D eigenvalue weighted by Crippen LogP contribution is 2.26. The smallest absolute Gasteiger partial charge is 0.283 e. The Morgan fingerprint density at radius 2 is 1.96 bits per heavy atom. The largest absolute Gasteiger partial charge is 0.497 e. The molecule has 0 N–H and O–H groups in total. The van der Waals surface area contributed by atoms with E-state index in [0.717, 1.165) is 10.2 Å².